The molecule has 1 heterocycles. The summed E-state index contributed by atoms with van der Waals surface area (Å²) in [6.07, 6.45) is -5.38. The Bertz CT molecular complexity index is 575. The Balaban J connectivity index is 2.21. The summed E-state index contributed by atoms with van der Waals surface area (Å²) in [6.45, 7) is 2.03. The molecule has 0 aliphatic carbocycles. The fourth-order valence-corrected chi connectivity index (χ4v) is 2.74. The molecule has 8 heteroatoms. The predicted octanol–water partition coefficient (Wildman–Crippen LogP) is 1.10. The first-order valence-corrected chi connectivity index (χ1v) is 7.13. The largest absolute Gasteiger partial charge is 0.416 e. The van der Waals surface area contributed by atoms with Crippen LogP contribution in [0.5, 0.6) is 0 Å². The molecule has 1 aliphatic rings. The predicted molar refractivity (Wildman–Crippen MR) is 76.4 cm³/mol. The smallest absolute Gasteiger partial charge is 0.384 e. The van der Waals surface area contributed by atoms with E-state index in [-0.39, 0.29) is 25.3 Å². The number of alkyl halides is 3. The van der Waals surface area contributed by atoms with Gasteiger partial charge < -0.3 is 15.6 Å². The second-order valence-corrected chi connectivity index (χ2v) is 5.81. The number of carbonyl (C=O) groups excluding carboxylic acids is 1. The third-order valence-corrected chi connectivity index (χ3v) is 3.81. The van der Waals surface area contributed by atoms with E-state index in [9.17, 15) is 23.1 Å². The molecule has 23 heavy (non-hydrogen) atoms. The summed E-state index contributed by atoms with van der Waals surface area (Å²) < 4.78 is 44.5. The second kappa shape index (κ2) is 6.46. The van der Waals surface area contributed by atoms with Crippen LogP contribution in [0.2, 0.25) is 0 Å². The first-order valence-electron chi connectivity index (χ1n) is 7.13. The number of hydrogen-bond donors (Lipinski definition) is 2. The third-order valence-electron chi connectivity index (χ3n) is 3.81. The number of β-amino-alcohol motifs (C(OH)–C–C–N with tert-alkyl or cyclic N) is 1. The van der Waals surface area contributed by atoms with Gasteiger partial charge in [0.25, 0.3) is 0 Å². The number of ether oxygens (including phenoxy) is 1. The van der Waals surface area contributed by atoms with Gasteiger partial charge in [0.15, 0.2) is 0 Å². The average Bonchev–Trinajstić information content (AvgIpc) is 2.46. The van der Waals surface area contributed by atoms with Crippen molar-refractivity contribution in [1.82, 2.24) is 4.90 Å². The van der Waals surface area contributed by atoms with Gasteiger partial charge in [-0.15, -0.1) is 0 Å². The molecule has 1 aromatic carbocycles. The van der Waals surface area contributed by atoms with Crippen LogP contribution in [0.4, 0.5) is 13.2 Å². The lowest BCUT2D eigenvalue weighted by Gasteiger charge is -2.37. The highest BCUT2D eigenvalue weighted by Crippen LogP contribution is 2.37. The maximum absolute atomic E-state index is 13.1. The SMILES string of the molecule is C[C@](O)(CN1CCO[C@H](C(N)=O)C1)c1ccccc1C(F)(F)F. The number of aliphatic hydroxyl groups is 1. The van der Waals surface area contributed by atoms with E-state index < -0.39 is 29.4 Å². The van der Waals surface area contributed by atoms with Gasteiger partial charge >= 0.3 is 6.18 Å². The molecule has 0 aromatic heterocycles. The molecule has 5 nitrogen and oxygen atoms in total. The van der Waals surface area contributed by atoms with Crippen LogP contribution in [0.25, 0.3) is 0 Å². The Kier molecular flexibility index (Phi) is 4.98. The van der Waals surface area contributed by atoms with E-state index in [0.29, 0.717) is 6.54 Å². The van der Waals surface area contributed by atoms with E-state index in [1.54, 1.807) is 4.90 Å². The van der Waals surface area contributed by atoms with Crippen molar-refractivity contribution in [3.05, 3.63) is 35.4 Å². The van der Waals surface area contributed by atoms with Crippen LogP contribution in [0.15, 0.2) is 24.3 Å². The number of benzene rings is 1. The Morgan fingerprint density at radius 1 is 1.39 bits per heavy atom. The van der Waals surface area contributed by atoms with Crippen molar-refractivity contribution < 1.29 is 27.8 Å². The van der Waals surface area contributed by atoms with E-state index in [4.69, 9.17) is 10.5 Å². The van der Waals surface area contributed by atoms with Crippen LogP contribution >= 0.6 is 0 Å². The fraction of sp³-hybridized carbons (Fsp3) is 0.533. The summed E-state index contributed by atoms with van der Waals surface area (Å²) in [5.41, 5.74) is 2.38. The fourth-order valence-electron chi connectivity index (χ4n) is 2.74. The van der Waals surface area contributed by atoms with Gasteiger partial charge in [0.1, 0.15) is 11.7 Å². The zero-order valence-corrected chi connectivity index (χ0v) is 12.6. The van der Waals surface area contributed by atoms with E-state index in [1.807, 2.05) is 0 Å². The van der Waals surface area contributed by atoms with Crippen LogP contribution < -0.4 is 5.73 Å². The number of hydrogen-bond acceptors (Lipinski definition) is 4. The topological polar surface area (TPSA) is 75.8 Å². The van der Waals surface area contributed by atoms with Gasteiger partial charge in [0, 0.05) is 19.6 Å². The molecule has 0 spiro atoms. The highest BCUT2D eigenvalue weighted by molar-refractivity contribution is 5.79. The van der Waals surface area contributed by atoms with Crippen LogP contribution in [0, 0.1) is 0 Å². The maximum atomic E-state index is 13.1. The van der Waals surface area contributed by atoms with Crippen LogP contribution in [0.1, 0.15) is 18.1 Å². The van der Waals surface area contributed by atoms with Gasteiger partial charge in [-0.1, -0.05) is 18.2 Å². The molecular formula is C15H19F3N2O3. The number of nitrogens with two attached hydrogens (primary N) is 1. The Labute approximate surface area is 131 Å². The van der Waals surface area contributed by atoms with Crippen LogP contribution in [0.3, 0.4) is 0 Å². The maximum Gasteiger partial charge on any atom is 0.416 e. The lowest BCUT2D eigenvalue weighted by atomic mass is 9.90. The first kappa shape index (κ1) is 17.7. The van der Waals surface area contributed by atoms with Gasteiger partial charge in [0.2, 0.25) is 5.91 Å². The Morgan fingerprint density at radius 2 is 2.00 bits per heavy atom. The summed E-state index contributed by atoms with van der Waals surface area (Å²) in [7, 11) is 0. The molecule has 2 atom stereocenters. The molecule has 1 aliphatic heterocycles. The number of halogens is 3. The summed E-state index contributed by atoms with van der Waals surface area (Å²) >= 11 is 0. The molecule has 1 aromatic rings. The molecular weight excluding hydrogens is 313 g/mol. The molecule has 0 saturated carbocycles. The molecule has 1 amide bonds. The van der Waals surface area contributed by atoms with Gasteiger partial charge in [0.05, 0.1) is 12.2 Å². The quantitative estimate of drug-likeness (QED) is 0.866. The molecule has 1 fully saturated rings. The normalized spacial score (nSPS) is 22.6. The first-order chi connectivity index (χ1) is 10.6. The Hall–Kier alpha value is -1.64. The van der Waals surface area contributed by atoms with Crippen molar-refractivity contribution in [3.63, 3.8) is 0 Å². The molecule has 3 N–H and O–H groups in total. The minimum atomic E-state index is -4.55. The molecule has 1 saturated heterocycles. The average molecular weight is 332 g/mol. The zero-order chi connectivity index (χ0) is 17.3. The highest BCUT2D eigenvalue weighted by atomic mass is 19.4. The van der Waals surface area contributed by atoms with Crippen molar-refractivity contribution >= 4 is 5.91 Å². The van der Waals surface area contributed by atoms with Gasteiger partial charge in [-0.25, -0.2) is 0 Å². The standard InChI is InChI=1S/C15H19F3N2O3/c1-14(22,9-20-6-7-23-12(8-20)13(19)21)10-4-2-3-5-11(10)15(16,17)18/h2-5,12,22H,6-9H2,1H3,(H2,19,21)/t12-,14-/m0/s1. The molecule has 128 valence electrons. The number of morpholine rings is 1. The van der Waals surface area contributed by atoms with Crippen LogP contribution in [-0.4, -0.2) is 48.3 Å². The lowest BCUT2D eigenvalue weighted by Crippen LogP contribution is -2.52. The van der Waals surface area contributed by atoms with Gasteiger partial charge in [-0.3, -0.25) is 9.69 Å². The van der Waals surface area contributed by atoms with Crippen molar-refractivity contribution in [2.24, 2.45) is 5.73 Å². The summed E-state index contributed by atoms with van der Waals surface area (Å²) in [5.74, 6) is -0.634. The van der Waals surface area contributed by atoms with E-state index in [1.165, 1.54) is 25.1 Å². The lowest BCUT2D eigenvalue weighted by molar-refractivity contribution is -0.142. The van der Waals surface area contributed by atoms with Crippen molar-refractivity contribution in [3.8, 4) is 0 Å². The molecule has 0 unspecified atom stereocenters. The second-order valence-electron chi connectivity index (χ2n) is 5.81. The molecule has 0 bridgehead atoms. The number of amides is 1. The van der Waals surface area contributed by atoms with E-state index >= 15 is 0 Å². The van der Waals surface area contributed by atoms with Crippen molar-refractivity contribution in [2.75, 3.05) is 26.2 Å². The Morgan fingerprint density at radius 3 is 2.57 bits per heavy atom. The molecule has 2 rings (SSSR count). The molecule has 0 radical (unpaired) electrons. The summed E-state index contributed by atoms with van der Waals surface area (Å²) in [6, 6.07) is 4.93. The van der Waals surface area contributed by atoms with Gasteiger partial charge in [-0.2, -0.15) is 13.2 Å². The summed E-state index contributed by atoms with van der Waals surface area (Å²) in [4.78, 5) is 12.9. The highest BCUT2D eigenvalue weighted by Gasteiger charge is 2.39. The number of primary amides is 1. The third kappa shape index (κ3) is 4.21. The number of rotatable bonds is 4. The minimum Gasteiger partial charge on any atom is -0.384 e. The zero-order valence-electron chi connectivity index (χ0n) is 12.6. The number of carbonyl (C=O) groups is 1. The van der Waals surface area contributed by atoms with E-state index in [2.05, 4.69) is 0 Å². The number of nitrogens with zero attached hydrogens (tertiary/aromatic N) is 1. The minimum absolute atomic E-state index is 0.0623. The van der Waals surface area contributed by atoms with Crippen molar-refractivity contribution in [2.45, 2.75) is 24.8 Å². The van der Waals surface area contributed by atoms with Gasteiger partial charge in [-0.05, 0) is 18.6 Å². The van der Waals surface area contributed by atoms with Crippen LogP contribution in [-0.2, 0) is 21.3 Å². The van der Waals surface area contributed by atoms with Crippen molar-refractivity contribution in [1.29, 1.82) is 0 Å². The summed E-state index contributed by atoms with van der Waals surface area (Å²) in [5, 5.41) is 10.6. The monoisotopic (exact) mass is 332 g/mol. The van der Waals surface area contributed by atoms with E-state index in [0.717, 1.165) is 6.07 Å².